The van der Waals surface area contributed by atoms with Gasteiger partial charge in [-0.05, 0) is 89.9 Å². The van der Waals surface area contributed by atoms with Crippen LogP contribution in [0.5, 0.6) is 0 Å². The lowest BCUT2D eigenvalue weighted by Gasteiger charge is -2.20. The van der Waals surface area contributed by atoms with E-state index in [4.69, 9.17) is 4.74 Å². The molecule has 0 aromatic rings. The molecular weight excluding hydrogens is 815 g/mol. The van der Waals surface area contributed by atoms with Crippen LogP contribution in [0.15, 0.2) is 48.6 Å². The summed E-state index contributed by atoms with van der Waals surface area (Å²) < 4.78 is 5.47. The van der Waals surface area contributed by atoms with Crippen LogP contribution in [0.3, 0.4) is 0 Å². The van der Waals surface area contributed by atoms with E-state index in [2.05, 4.69) is 55.6 Å². The topological polar surface area (TPSA) is 95.9 Å². The first-order chi connectivity index (χ1) is 32.5. The Bertz CT molecular complexity index is 1110. The fourth-order valence-corrected chi connectivity index (χ4v) is 8.60. The Morgan fingerprint density at radius 1 is 0.424 bits per heavy atom. The van der Waals surface area contributed by atoms with Gasteiger partial charge in [0, 0.05) is 12.8 Å². The molecule has 66 heavy (non-hydrogen) atoms. The number of aliphatic hydroxyl groups excluding tert-OH is 2. The number of unbranched alkanes of at least 4 members (excludes halogenated alkanes) is 36. The molecule has 0 saturated carbocycles. The lowest BCUT2D eigenvalue weighted by atomic mass is 10.0. The summed E-state index contributed by atoms with van der Waals surface area (Å²) >= 11 is 0. The minimum Gasteiger partial charge on any atom is -0.466 e. The molecule has 0 saturated heterocycles. The average Bonchev–Trinajstić information content (AvgIpc) is 3.32. The number of esters is 1. The van der Waals surface area contributed by atoms with Gasteiger partial charge in [0.2, 0.25) is 5.91 Å². The smallest absolute Gasteiger partial charge is 0.305 e. The van der Waals surface area contributed by atoms with E-state index in [9.17, 15) is 19.8 Å². The molecule has 2 atom stereocenters. The Balaban J connectivity index is 3.49. The number of carbonyl (C=O) groups is 2. The molecule has 0 fully saturated rings. The Morgan fingerprint density at radius 3 is 1.20 bits per heavy atom. The van der Waals surface area contributed by atoms with E-state index >= 15 is 0 Å². The number of hydrogen-bond acceptors (Lipinski definition) is 5. The molecular formula is C60H111NO5. The molecule has 6 nitrogen and oxygen atoms in total. The van der Waals surface area contributed by atoms with Crippen molar-refractivity contribution in [2.24, 2.45) is 0 Å². The van der Waals surface area contributed by atoms with Crippen LogP contribution >= 0.6 is 0 Å². The molecule has 0 radical (unpaired) electrons. The predicted molar refractivity (Wildman–Crippen MR) is 287 cm³/mol. The first-order valence-electron chi connectivity index (χ1n) is 28.9. The zero-order chi connectivity index (χ0) is 47.9. The van der Waals surface area contributed by atoms with E-state index in [0.29, 0.717) is 19.4 Å². The van der Waals surface area contributed by atoms with E-state index in [1.807, 2.05) is 6.08 Å². The molecule has 0 aliphatic carbocycles. The highest BCUT2D eigenvalue weighted by Crippen LogP contribution is 2.16. The van der Waals surface area contributed by atoms with Crippen molar-refractivity contribution in [3.63, 3.8) is 0 Å². The molecule has 0 aromatic carbocycles. The zero-order valence-corrected chi connectivity index (χ0v) is 43.9. The molecule has 2 unspecified atom stereocenters. The largest absolute Gasteiger partial charge is 0.466 e. The van der Waals surface area contributed by atoms with Gasteiger partial charge in [-0.15, -0.1) is 0 Å². The summed E-state index contributed by atoms with van der Waals surface area (Å²) in [4.78, 5) is 24.5. The monoisotopic (exact) mass is 926 g/mol. The maximum absolute atomic E-state index is 12.4. The second kappa shape index (κ2) is 55.4. The van der Waals surface area contributed by atoms with Crippen molar-refractivity contribution < 1.29 is 24.5 Å². The maximum Gasteiger partial charge on any atom is 0.305 e. The van der Waals surface area contributed by atoms with Crippen molar-refractivity contribution >= 4 is 11.9 Å². The average molecular weight is 927 g/mol. The van der Waals surface area contributed by atoms with E-state index in [-0.39, 0.29) is 18.5 Å². The molecule has 3 N–H and O–H groups in total. The summed E-state index contributed by atoms with van der Waals surface area (Å²) in [5.74, 6) is -0.0914. The lowest BCUT2D eigenvalue weighted by molar-refractivity contribution is -0.143. The van der Waals surface area contributed by atoms with Crippen LogP contribution in [0.2, 0.25) is 0 Å². The van der Waals surface area contributed by atoms with Gasteiger partial charge in [0.1, 0.15) is 0 Å². The van der Waals surface area contributed by atoms with E-state index < -0.39 is 12.1 Å². The number of hydrogen-bond donors (Lipinski definition) is 3. The second-order valence-corrected chi connectivity index (χ2v) is 19.6. The van der Waals surface area contributed by atoms with Crippen LogP contribution in [0, 0.1) is 0 Å². The molecule has 6 heteroatoms. The molecule has 0 heterocycles. The standard InChI is InChI=1S/C60H111NO5/c1-3-5-7-9-11-13-15-17-19-21-26-30-34-38-42-46-50-54-60(65)66-55-51-47-43-39-35-31-27-23-20-22-25-29-33-37-41-45-49-53-59(64)61-57(56-62)58(63)52-48-44-40-36-32-28-24-18-16-14-12-10-8-6-4-2/h11,13,17,19-20,23,48,52,57-58,62-63H,3-10,12,14-16,18,21-22,24-47,49-51,53-56H2,1-2H3,(H,61,64)/b13-11-,19-17-,23-20-,52-48+. The van der Waals surface area contributed by atoms with Crippen LogP contribution in [0.1, 0.15) is 296 Å². The summed E-state index contributed by atoms with van der Waals surface area (Å²) in [6, 6.07) is -0.638. The summed E-state index contributed by atoms with van der Waals surface area (Å²) in [6.07, 6.45) is 69.8. The Hall–Kier alpha value is -2.18. The van der Waals surface area contributed by atoms with Crippen LogP contribution < -0.4 is 5.32 Å². The van der Waals surface area contributed by atoms with Gasteiger partial charge in [-0.3, -0.25) is 9.59 Å². The van der Waals surface area contributed by atoms with Crippen molar-refractivity contribution in [3.05, 3.63) is 48.6 Å². The van der Waals surface area contributed by atoms with Gasteiger partial charge >= 0.3 is 5.97 Å². The van der Waals surface area contributed by atoms with Gasteiger partial charge in [0.05, 0.1) is 25.4 Å². The second-order valence-electron chi connectivity index (χ2n) is 19.6. The van der Waals surface area contributed by atoms with Gasteiger partial charge < -0.3 is 20.3 Å². The van der Waals surface area contributed by atoms with Crippen LogP contribution in [-0.2, 0) is 14.3 Å². The van der Waals surface area contributed by atoms with Crippen molar-refractivity contribution in [2.45, 2.75) is 309 Å². The third-order valence-corrected chi connectivity index (χ3v) is 13.1. The molecule has 386 valence electrons. The lowest BCUT2D eigenvalue weighted by Crippen LogP contribution is -2.45. The molecule has 0 spiro atoms. The molecule has 0 bridgehead atoms. The fourth-order valence-electron chi connectivity index (χ4n) is 8.60. The van der Waals surface area contributed by atoms with Crippen molar-refractivity contribution in [1.82, 2.24) is 5.32 Å². The highest BCUT2D eigenvalue weighted by atomic mass is 16.5. The predicted octanol–water partition coefficient (Wildman–Crippen LogP) is 17.8. The van der Waals surface area contributed by atoms with Gasteiger partial charge in [-0.25, -0.2) is 0 Å². The Labute approximate surface area is 410 Å². The van der Waals surface area contributed by atoms with Gasteiger partial charge in [0.15, 0.2) is 0 Å². The van der Waals surface area contributed by atoms with E-state index in [1.165, 1.54) is 205 Å². The summed E-state index contributed by atoms with van der Waals surface area (Å²) in [7, 11) is 0. The highest BCUT2D eigenvalue weighted by molar-refractivity contribution is 5.76. The van der Waals surface area contributed by atoms with Crippen LogP contribution in [0.4, 0.5) is 0 Å². The number of ether oxygens (including phenoxy) is 1. The Kier molecular flexibility index (Phi) is 53.6. The molecule has 0 aromatic heterocycles. The normalized spacial score (nSPS) is 13.0. The molecule has 0 aliphatic heterocycles. The van der Waals surface area contributed by atoms with Crippen molar-refractivity contribution in [3.8, 4) is 0 Å². The minimum atomic E-state index is -0.853. The van der Waals surface area contributed by atoms with Crippen LogP contribution in [0.25, 0.3) is 0 Å². The summed E-state index contributed by atoms with van der Waals surface area (Å²) in [5, 5.41) is 23.1. The number of carbonyl (C=O) groups excluding carboxylic acids is 2. The maximum atomic E-state index is 12.4. The van der Waals surface area contributed by atoms with E-state index in [1.54, 1.807) is 6.08 Å². The first-order valence-corrected chi connectivity index (χ1v) is 28.9. The third kappa shape index (κ3) is 51.2. The number of rotatable bonds is 53. The van der Waals surface area contributed by atoms with Gasteiger partial charge in [-0.1, -0.05) is 242 Å². The molecule has 0 rings (SSSR count). The third-order valence-electron chi connectivity index (χ3n) is 13.1. The van der Waals surface area contributed by atoms with Crippen molar-refractivity contribution in [1.29, 1.82) is 0 Å². The van der Waals surface area contributed by atoms with Gasteiger partial charge in [-0.2, -0.15) is 0 Å². The number of nitrogens with one attached hydrogen (secondary N) is 1. The van der Waals surface area contributed by atoms with E-state index in [0.717, 1.165) is 64.2 Å². The number of amides is 1. The fraction of sp³-hybridized carbons (Fsp3) is 0.833. The summed E-state index contributed by atoms with van der Waals surface area (Å²) in [6.45, 7) is 4.85. The summed E-state index contributed by atoms with van der Waals surface area (Å²) in [5.41, 5.74) is 0. The molecule has 1 amide bonds. The molecule has 0 aliphatic rings. The minimum absolute atomic E-state index is 0.0110. The van der Waals surface area contributed by atoms with Crippen molar-refractivity contribution in [2.75, 3.05) is 13.2 Å². The first kappa shape index (κ1) is 63.8. The highest BCUT2D eigenvalue weighted by Gasteiger charge is 2.18. The quantitative estimate of drug-likeness (QED) is 0.0321. The number of allylic oxidation sites excluding steroid dienone is 7. The zero-order valence-electron chi connectivity index (χ0n) is 43.9. The van der Waals surface area contributed by atoms with Gasteiger partial charge in [0.25, 0.3) is 0 Å². The van der Waals surface area contributed by atoms with Crippen LogP contribution in [-0.4, -0.2) is 47.4 Å². The number of aliphatic hydroxyl groups is 2. The Morgan fingerprint density at radius 2 is 0.758 bits per heavy atom. The SMILES string of the molecule is CCCCC/C=C\C/C=C\CCCCCCCCCC(=O)OCCCCCCCC/C=C\CCCCCCCCCC(=O)NC(CO)C(O)/C=C/CCCCCCCCCCCCCCC.